The van der Waals surface area contributed by atoms with Gasteiger partial charge in [-0.2, -0.15) is 0 Å². The number of hydrogen-bond acceptors (Lipinski definition) is 1. The number of halogens is 2. The van der Waals surface area contributed by atoms with Crippen LogP contribution in [0.25, 0.3) is 0 Å². The molecule has 106 valence electrons. The van der Waals surface area contributed by atoms with Gasteiger partial charge in [-0.3, -0.25) is 0 Å². The third-order valence-corrected chi connectivity index (χ3v) is 2.42. The van der Waals surface area contributed by atoms with E-state index in [2.05, 4.69) is 18.9 Å². The van der Waals surface area contributed by atoms with Gasteiger partial charge in [0.15, 0.2) is 0 Å². The number of hydrogen-bond donors (Lipinski definition) is 0. The topological polar surface area (TPSA) is 3.24 Å². The van der Waals surface area contributed by atoms with E-state index in [-0.39, 0.29) is 0 Å². The quantitative estimate of drug-likeness (QED) is 0.669. The van der Waals surface area contributed by atoms with Crippen molar-refractivity contribution in [2.75, 3.05) is 13.6 Å². The van der Waals surface area contributed by atoms with Gasteiger partial charge in [-0.25, -0.2) is 0 Å². The Morgan fingerprint density at radius 3 is 1.78 bits per heavy atom. The summed E-state index contributed by atoms with van der Waals surface area (Å²) >= 11 is 11.8. The molecule has 0 aromatic heterocycles. The van der Waals surface area contributed by atoms with Gasteiger partial charge in [-0.1, -0.05) is 57.8 Å². The predicted octanol–water partition coefficient (Wildman–Crippen LogP) is 5.89. The first-order chi connectivity index (χ1) is 8.61. The van der Waals surface area contributed by atoms with Crippen LogP contribution in [0.4, 0.5) is 0 Å². The van der Waals surface area contributed by atoms with Gasteiger partial charge in [0.25, 0.3) is 0 Å². The molecule has 0 aliphatic heterocycles. The molecule has 0 radical (unpaired) electrons. The molecule has 1 nitrogen and oxygen atoms in total. The monoisotopic (exact) mass is 291 g/mol. The first kappa shape index (κ1) is 20.1. The average Bonchev–Trinajstić information content (AvgIpc) is 2.33. The largest absolute Gasteiger partial charge is 0.302 e. The number of rotatable bonds is 4. The van der Waals surface area contributed by atoms with Crippen LogP contribution in [-0.4, -0.2) is 18.5 Å². The molecule has 0 spiro atoms. The van der Waals surface area contributed by atoms with Crippen LogP contribution in [0.3, 0.4) is 0 Å². The Bertz CT molecular complexity index is 280. The first-order valence-electron chi connectivity index (χ1n) is 6.75. The normalized spacial score (nSPS) is 9.17. The van der Waals surface area contributed by atoms with Crippen molar-refractivity contribution in [2.24, 2.45) is 0 Å². The summed E-state index contributed by atoms with van der Waals surface area (Å²) in [5, 5.41) is 1.41. The van der Waals surface area contributed by atoms with Crippen LogP contribution >= 0.6 is 23.2 Å². The molecular weight excluding hydrogens is 265 g/mol. The van der Waals surface area contributed by atoms with Gasteiger partial charge in [0, 0.05) is 16.6 Å². The lowest BCUT2D eigenvalue weighted by molar-refractivity contribution is 0.327. The third kappa shape index (κ3) is 9.76. The molecule has 0 amide bonds. The molecule has 0 fully saturated rings. The Balaban J connectivity index is 0. The van der Waals surface area contributed by atoms with Gasteiger partial charge in [-0.05, 0) is 43.8 Å². The van der Waals surface area contributed by atoms with Crippen LogP contribution in [0.2, 0.25) is 10.0 Å². The van der Waals surface area contributed by atoms with Crippen molar-refractivity contribution in [3.05, 3.63) is 33.8 Å². The minimum absolute atomic E-state index is 0.706. The van der Waals surface area contributed by atoms with E-state index in [0.29, 0.717) is 10.0 Å². The summed E-state index contributed by atoms with van der Waals surface area (Å²) in [4.78, 5) is 2.25. The van der Waals surface area contributed by atoms with E-state index in [1.165, 1.54) is 5.56 Å². The summed E-state index contributed by atoms with van der Waals surface area (Å²) in [5.41, 5.74) is 1.17. The highest BCUT2D eigenvalue weighted by atomic mass is 35.5. The summed E-state index contributed by atoms with van der Waals surface area (Å²) < 4.78 is 0. The van der Waals surface area contributed by atoms with Gasteiger partial charge in [0.1, 0.15) is 0 Å². The SMILES string of the molecule is CC.CC.CCCN(C)Cc1cc(Cl)cc(Cl)c1. The molecule has 0 saturated carbocycles. The van der Waals surface area contributed by atoms with Gasteiger partial charge >= 0.3 is 0 Å². The van der Waals surface area contributed by atoms with E-state index in [9.17, 15) is 0 Å². The Morgan fingerprint density at radius 2 is 1.39 bits per heavy atom. The summed E-state index contributed by atoms with van der Waals surface area (Å²) in [5.74, 6) is 0. The summed E-state index contributed by atoms with van der Waals surface area (Å²) in [6, 6.07) is 5.67. The fourth-order valence-electron chi connectivity index (χ4n) is 1.47. The van der Waals surface area contributed by atoms with Gasteiger partial charge in [-0.15, -0.1) is 0 Å². The van der Waals surface area contributed by atoms with E-state index < -0.39 is 0 Å². The van der Waals surface area contributed by atoms with Crippen LogP contribution in [0, 0.1) is 0 Å². The maximum atomic E-state index is 5.91. The molecule has 0 unspecified atom stereocenters. The van der Waals surface area contributed by atoms with Crippen molar-refractivity contribution in [1.82, 2.24) is 4.90 Å². The van der Waals surface area contributed by atoms with Crippen molar-refractivity contribution in [3.8, 4) is 0 Å². The fraction of sp³-hybridized carbons (Fsp3) is 0.600. The molecule has 0 saturated heterocycles. The maximum absolute atomic E-state index is 5.91. The minimum Gasteiger partial charge on any atom is -0.302 e. The van der Waals surface area contributed by atoms with Crippen molar-refractivity contribution in [1.29, 1.82) is 0 Å². The molecule has 1 rings (SSSR count). The number of nitrogens with zero attached hydrogens (tertiary/aromatic N) is 1. The Labute approximate surface area is 123 Å². The zero-order valence-corrected chi connectivity index (χ0v) is 14.1. The van der Waals surface area contributed by atoms with E-state index in [0.717, 1.165) is 19.5 Å². The summed E-state index contributed by atoms with van der Waals surface area (Å²) in [7, 11) is 2.10. The van der Waals surface area contributed by atoms with Crippen LogP contribution in [0.1, 0.15) is 46.6 Å². The first-order valence-corrected chi connectivity index (χ1v) is 7.51. The molecular formula is C15H27Cl2N. The molecule has 1 aromatic rings. The van der Waals surface area contributed by atoms with Gasteiger partial charge < -0.3 is 4.90 Å². The van der Waals surface area contributed by atoms with E-state index in [1.54, 1.807) is 6.07 Å². The van der Waals surface area contributed by atoms with Crippen LogP contribution in [0.5, 0.6) is 0 Å². The molecule has 0 N–H and O–H groups in total. The van der Waals surface area contributed by atoms with Crippen molar-refractivity contribution in [2.45, 2.75) is 47.6 Å². The van der Waals surface area contributed by atoms with E-state index in [4.69, 9.17) is 23.2 Å². The van der Waals surface area contributed by atoms with Gasteiger partial charge in [0.2, 0.25) is 0 Å². The van der Waals surface area contributed by atoms with Crippen LogP contribution < -0.4 is 0 Å². The van der Waals surface area contributed by atoms with Gasteiger partial charge in [0.05, 0.1) is 0 Å². The van der Waals surface area contributed by atoms with Crippen molar-refractivity contribution >= 4 is 23.2 Å². The average molecular weight is 292 g/mol. The molecule has 0 aliphatic carbocycles. The molecule has 1 aromatic carbocycles. The lowest BCUT2D eigenvalue weighted by Gasteiger charge is -2.15. The number of benzene rings is 1. The Hall–Kier alpha value is -0.240. The van der Waals surface area contributed by atoms with Crippen molar-refractivity contribution < 1.29 is 0 Å². The molecule has 0 bridgehead atoms. The lowest BCUT2D eigenvalue weighted by atomic mass is 10.2. The fourth-order valence-corrected chi connectivity index (χ4v) is 2.05. The highest BCUT2D eigenvalue weighted by molar-refractivity contribution is 6.34. The molecule has 3 heteroatoms. The second-order valence-electron chi connectivity index (χ2n) is 3.52. The second-order valence-corrected chi connectivity index (χ2v) is 4.39. The predicted molar refractivity (Wildman–Crippen MR) is 85.8 cm³/mol. The Morgan fingerprint density at radius 1 is 0.944 bits per heavy atom. The lowest BCUT2D eigenvalue weighted by Crippen LogP contribution is -2.18. The zero-order chi connectivity index (χ0) is 14.6. The van der Waals surface area contributed by atoms with Crippen LogP contribution in [0.15, 0.2) is 18.2 Å². The standard InChI is InChI=1S/C11H15Cl2N.2C2H6/c1-3-4-14(2)8-9-5-10(12)7-11(13)6-9;2*1-2/h5-7H,3-4,8H2,1-2H3;2*1-2H3. The smallest absolute Gasteiger partial charge is 0.0424 e. The summed E-state index contributed by atoms with van der Waals surface area (Å²) in [6.07, 6.45) is 1.16. The third-order valence-electron chi connectivity index (χ3n) is 1.98. The second kappa shape index (κ2) is 13.2. The molecule has 18 heavy (non-hydrogen) atoms. The Kier molecular flexibility index (Phi) is 14.7. The highest BCUT2D eigenvalue weighted by Gasteiger charge is 2.01. The highest BCUT2D eigenvalue weighted by Crippen LogP contribution is 2.19. The minimum atomic E-state index is 0.706. The molecule has 0 atom stereocenters. The van der Waals surface area contributed by atoms with Crippen LogP contribution in [-0.2, 0) is 6.54 Å². The molecule has 0 heterocycles. The summed E-state index contributed by atoms with van der Waals surface area (Å²) in [6.45, 7) is 12.2. The maximum Gasteiger partial charge on any atom is 0.0424 e. The molecule has 0 aliphatic rings. The van der Waals surface area contributed by atoms with Crippen molar-refractivity contribution in [3.63, 3.8) is 0 Å². The van der Waals surface area contributed by atoms with E-state index >= 15 is 0 Å². The zero-order valence-electron chi connectivity index (χ0n) is 12.6. The van der Waals surface area contributed by atoms with E-state index in [1.807, 2.05) is 39.8 Å².